The smallest absolute Gasteiger partial charge is 0.257 e. The third-order valence-electron chi connectivity index (χ3n) is 2.90. The first-order chi connectivity index (χ1) is 8.08. The Kier molecular flexibility index (Phi) is 3.52. The normalized spacial score (nSPS) is 15.7. The Morgan fingerprint density at radius 1 is 1.47 bits per heavy atom. The first-order valence-corrected chi connectivity index (χ1v) is 5.96. The zero-order chi connectivity index (χ0) is 12.4. The Balaban J connectivity index is 2.23. The van der Waals surface area contributed by atoms with E-state index in [1.807, 2.05) is 13.0 Å². The number of hydrogen-bond acceptors (Lipinski definition) is 2. The second-order valence-corrected chi connectivity index (χ2v) is 4.73. The Morgan fingerprint density at radius 2 is 2.24 bits per heavy atom. The van der Waals surface area contributed by atoms with Gasteiger partial charge in [-0.25, -0.2) is 4.39 Å². The second kappa shape index (κ2) is 4.92. The molecule has 90 valence electrons. The van der Waals surface area contributed by atoms with Gasteiger partial charge in [0.25, 0.3) is 5.91 Å². The van der Waals surface area contributed by atoms with E-state index < -0.39 is 5.82 Å². The molecular formula is C13H14FNOS. The number of carbonyl (C=O) groups excluding carboxylic acids is 1. The number of carbonyl (C=O) groups is 1. The number of benzene rings is 1. The van der Waals surface area contributed by atoms with Crippen LogP contribution in [0.25, 0.3) is 0 Å². The van der Waals surface area contributed by atoms with E-state index in [-0.39, 0.29) is 11.5 Å². The van der Waals surface area contributed by atoms with Gasteiger partial charge in [0.05, 0.1) is 5.56 Å². The maximum atomic E-state index is 13.6. The summed E-state index contributed by atoms with van der Waals surface area (Å²) in [7, 11) is 0. The van der Waals surface area contributed by atoms with Crippen molar-refractivity contribution in [2.24, 2.45) is 0 Å². The average molecular weight is 251 g/mol. The molecule has 0 saturated carbocycles. The van der Waals surface area contributed by atoms with E-state index in [1.54, 1.807) is 4.90 Å². The maximum absolute atomic E-state index is 13.6. The average Bonchev–Trinajstić information content (AvgIpc) is 2.32. The molecule has 0 bridgehead atoms. The molecule has 0 radical (unpaired) electrons. The van der Waals surface area contributed by atoms with Crippen molar-refractivity contribution >= 4 is 18.5 Å². The summed E-state index contributed by atoms with van der Waals surface area (Å²) in [6.07, 6.45) is 2.86. The lowest BCUT2D eigenvalue weighted by Crippen LogP contribution is -2.35. The summed E-state index contributed by atoms with van der Waals surface area (Å²) < 4.78 is 13.6. The van der Waals surface area contributed by atoms with Crippen LogP contribution in [0.15, 0.2) is 34.7 Å². The van der Waals surface area contributed by atoms with Crippen LogP contribution in [0, 0.1) is 5.82 Å². The van der Waals surface area contributed by atoms with Gasteiger partial charge >= 0.3 is 0 Å². The van der Waals surface area contributed by atoms with E-state index in [9.17, 15) is 9.18 Å². The molecule has 17 heavy (non-hydrogen) atoms. The van der Waals surface area contributed by atoms with Crippen LogP contribution in [0.5, 0.6) is 0 Å². The fourth-order valence-corrected chi connectivity index (χ4v) is 2.01. The third-order valence-corrected chi connectivity index (χ3v) is 3.18. The summed E-state index contributed by atoms with van der Waals surface area (Å²) in [5.74, 6) is -0.749. The van der Waals surface area contributed by atoms with Crippen molar-refractivity contribution in [3.05, 3.63) is 41.2 Å². The fourth-order valence-electron chi connectivity index (χ4n) is 1.80. The van der Waals surface area contributed by atoms with Crippen LogP contribution in [0.3, 0.4) is 0 Å². The van der Waals surface area contributed by atoms with Gasteiger partial charge in [-0.1, -0.05) is 11.6 Å². The molecule has 2 rings (SSSR count). The highest BCUT2D eigenvalue weighted by molar-refractivity contribution is 7.80. The van der Waals surface area contributed by atoms with Gasteiger partial charge in [-0.15, -0.1) is 12.6 Å². The van der Waals surface area contributed by atoms with Crippen molar-refractivity contribution in [2.75, 3.05) is 13.1 Å². The largest absolute Gasteiger partial charge is 0.335 e. The van der Waals surface area contributed by atoms with Gasteiger partial charge in [-0.05, 0) is 31.5 Å². The molecule has 0 saturated heterocycles. The van der Waals surface area contributed by atoms with Crippen molar-refractivity contribution in [3.63, 3.8) is 0 Å². The number of nitrogens with zero attached hydrogens (tertiary/aromatic N) is 1. The van der Waals surface area contributed by atoms with Crippen LogP contribution in [0.1, 0.15) is 23.7 Å². The van der Waals surface area contributed by atoms with Gasteiger partial charge in [-0.2, -0.15) is 0 Å². The van der Waals surface area contributed by atoms with E-state index >= 15 is 0 Å². The zero-order valence-electron chi connectivity index (χ0n) is 9.61. The second-order valence-electron chi connectivity index (χ2n) is 4.22. The van der Waals surface area contributed by atoms with Crippen LogP contribution < -0.4 is 0 Å². The highest BCUT2D eigenvalue weighted by Gasteiger charge is 2.20. The third kappa shape index (κ3) is 2.69. The molecular weight excluding hydrogens is 237 g/mol. The molecule has 0 fully saturated rings. The van der Waals surface area contributed by atoms with E-state index in [2.05, 4.69) is 12.6 Å². The fraction of sp³-hybridized carbons (Fsp3) is 0.308. The molecule has 0 aliphatic carbocycles. The van der Waals surface area contributed by atoms with Gasteiger partial charge in [0.15, 0.2) is 0 Å². The highest BCUT2D eigenvalue weighted by Crippen LogP contribution is 2.18. The highest BCUT2D eigenvalue weighted by atomic mass is 32.1. The molecule has 4 heteroatoms. The van der Waals surface area contributed by atoms with E-state index in [1.165, 1.54) is 23.8 Å². The number of rotatable bonds is 1. The van der Waals surface area contributed by atoms with Crippen molar-refractivity contribution in [1.29, 1.82) is 0 Å². The van der Waals surface area contributed by atoms with Crippen LogP contribution in [-0.4, -0.2) is 23.9 Å². The molecule has 1 aromatic rings. The monoisotopic (exact) mass is 251 g/mol. The molecule has 0 unspecified atom stereocenters. The molecule has 1 aliphatic heterocycles. The minimum atomic E-state index is -0.487. The molecule has 0 N–H and O–H groups in total. The van der Waals surface area contributed by atoms with Gasteiger partial charge in [0, 0.05) is 18.0 Å². The van der Waals surface area contributed by atoms with Crippen LogP contribution in [-0.2, 0) is 0 Å². The van der Waals surface area contributed by atoms with Gasteiger partial charge in [0.1, 0.15) is 5.82 Å². The Labute approximate surface area is 106 Å². The van der Waals surface area contributed by atoms with E-state index in [0.29, 0.717) is 18.0 Å². The van der Waals surface area contributed by atoms with E-state index in [0.717, 1.165) is 6.42 Å². The van der Waals surface area contributed by atoms with Gasteiger partial charge in [0.2, 0.25) is 0 Å². The summed E-state index contributed by atoms with van der Waals surface area (Å²) in [4.78, 5) is 14.3. The van der Waals surface area contributed by atoms with Crippen molar-refractivity contribution in [2.45, 2.75) is 18.2 Å². The van der Waals surface area contributed by atoms with Gasteiger partial charge < -0.3 is 4.90 Å². The number of thiol groups is 1. The maximum Gasteiger partial charge on any atom is 0.257 e. The Bertz CT molecular complexity index is 484. The van der Waals surface area contributed by atoms with Crippen molar-refractivity contribution in [1.82, 2.24) is 4.90 Å². The molecule has 1 aliphatic rings. The van der Waals surface area contributed by atoms with Crippen molar-refractivity contribution in [3.8, 4) is 0 Å². The topological polar surface area (TPSA) is 20.3 Å². The molecule has 0 aromatic heterocycles. The van der Waals surface area contributed by atoms with Crippen LogP contribution in [0.4, 0.5) is 4.39 Å². The summed E-state index contributed by atoms with van der Waals surface area (Å²) in [5, 5.41) is 0. The van der Waals surface area contributed by atoms with E-state index in [4.69, 9.17) is 0 Å². The summed E-state index contributed by atoms with van der Waals surface area (Å²) in [5.41, 5.74) is 1.38. The summed E-state index contributed by atoms with van der Waals surface area (Å²) in [6.45, 7) is 3.25. The SMILES string of the molecule is CC1=CCN(C(=O)c2cc(S)ccc2F)CC1. The summed E-state index contributed by atoms with van der Waals surface area (Å²) in [6, 6.07) is 4.29. The number of halogens is 1. The minimum Gasteiger partial charge on any atom is -0.335 e. The molecule has 2 nitrogen and oxygen atoms in total. The quantitative estimate of drug-likeness (QED) is 0.601. The Morgan fingerprint density at radius 3 is 2.88 bits per heavy atom. The standard InChI is InChI=1S/C13H14FNOS/c1-9-4-6-15(7-5-9)13(16)11-8-10(17)2-3-12(11)14/h2-4,8,17H,5-7H2,1H3. The molecule has 1 amide bonds. The predicted molar refractivity (Wildman–Crippen MR) is 67.9 cm³/mol. The van der Waals surface area contributed by atoms with Gasteiger partial charge in [-0.3, -0.25) is 4.79 Å². The first kappa shape index (κ1) is 12.2. The van der Waals surface area contributed by atoms with Crippen LogP contribution >= 0.6 is 12.6 Å². The van der Waals surface area contributed by atoms with Crippen LogP contribution in [0.2, 0.25) is 0 Å². The first-order valence-electron chi connectivity index (χ1n) is 5.51. The lowest BCUT2D eigenvalue weighted by atomic mass is 10.1. The lowest BCUT2D eigenvalue weighted by Gasteiger charge is -2.25. The minimum absolute atomic E-state index is 0.102. The predicted octanol–water partition coefficient (Wildman–Crippen LogP) is 2.91. The van der Waals surface area contributed by atoms with Crippen molar-refractivity contribution < 1.29 is 9.18 Å². The zero-order valence-corrected chi connectivity index (χ0v) is 10.5. The number of amides is 1. The molecule has 1 aromatic carbocycles. The molecule has 0 atom stereocenters. The Hall–Kier alpha value is -1.29. The lowest BCUT2D eigenvalue weighted by molar-refractivity contribution is 0.0764. The number of hydrogen-bond donors (Lipinski definition) is 1. The summed E-state index contributed by atoms with van der Waals surface area (Å²) >= 11 is 4.12. The molecule has 0 spiro atoms. The molecule has 1 heterocycles.